The van der Waals surface area contributed by atoms with Crippen molar-refractivity contribution in [1.29, 1.82) is 0 Å². The molecule has 2 aromatic rings. The third-order valence-corrected chi connectivity index (χ3v) is 3.05. The van der Waals surface area contributed by atoms with Gasteiger partial charge in [0.1, 0.15) is 0 Å². The number of benzene rings is 2. The SMILES string of the molecule is Nc1ccc2ccccc2c1C1=CC=CC=CN1. The van der Waals surface area contributed by atoms with Crippen molar-refractivity contribution in [2.45, 2.75) is 0 Å². The van der Waals surface area contributed by atoms with Gasteiger partial charge < -0.3 is 11.1 Å². The molecule has 88 valence electrons. The first-order chi connectivity index (χ1) is 8.86. The van der Waals surface area contributed by atoms with Crippen LogP contribution in [0.4, 0.5) is 5.69 Å². The number of hydrogen-bond acceptors (Lipinski definition) is 2. The Morgan fingerprint density at radius 1 is 0.889 bits per heavy atom. The number of allylic oxidation sites excluding steroid dienone is 4. The number of rotatable bonds is 1. The van der Waals surface area contributed by atoms with Crippen LogP contribution >= 0.6 is 0 Å². The van der Waals surface area contributed by atoms with Crippen LogP contribution in [0.5, 0.6) is 0 Å². The molecule has 3 rings (SSSR count). The molecule has 0 saturated carbocycles. The van der Waals surface area contributed by atoms with Gasteiger partial charge in [-0.1, -0.05) is 42.5 Å². The highest BCUT2D eigenvalue weighted by Gasteiger charge is 2.09. The summed E-state index contributed by atoms with van der Waals surface area (Å²) in [6, 6.07) is 12.3. The van der Waals surface area contributed by atoms with E-state index in [1.165, 1.54) is 10.8 Å². The van der Waals surface area contributed by atoms with E-state index >= 15 is 0 Å². The van der Waals surface area contributed by atoms with Crippen LogP contribution in [0.3, 0.4) is 0 Å². The second-order valence-corrected chi connectivity index (χ2v) is 4.22. The van der Waals surface area contributed by atoms with E-state index in [-0.39, 0.29) is 0 Å². The molecule has 0 radical (unpaired) electrons. The van der Waals surface area contributed by atoms with Gasteiger partial charge in [0, 0.05) is 23.1 Å². The first-order valence-corrected chi connectivity index (χ1v) is 5.94. The number of nitrogens with one attached hydrogen (secondary N) is 1. The summed E-state index contributed by atoms with van der Waals surface area (Å²) in [4.78, 5) is 0. The highest BCUT2D eigenvalue weighted by molar-refractivity contribution is 5.98. The Labute approximate surface area is 106 Å². The van der Waals surface area contributed by atoms with Crippen LogP contribution in [0.25, 0.3) is 16.5 Å². The van der Waals surface area contributed by atoms with Crippen molar-refractivity contribution < 1.29 is 0 Å². The fraction of sp³-hybridized carbons (Fsp3) is 0. The smallest absolute Gasteiger partial charge is 0.0480 e. The van der Waals surface area contributed by atoms with Gasteiger partial charge in [0.2, 0.25) is 0 Å². The van der Waals surface area contributed by atoms with Gasteiger partial charge in [-0.15, -0.1) is 0 Å². The second kappa shape index (κ2) is 4.41. The molecule has 2 nitrogen and oxygen atoms in total. The maximum absolute atomic E-state index is 6.14. The number of nitrogen functional groups attached to an aromatic ring is 1. The van der Waals surface area contributed by atoms with Crippen molar-refractivity contribution >= 4 is 22.2 Å². The Bertz CT molecular complexity index is 679. The summed E-state index contributed by atoms with van der Waals surface area (Å²) in [5, 5.41) is 5.63. The summed E-state index contributed by atoms with van der Waals surface area (Å²) in [6.45, 7) is 0. The minimum Gasteiger partial charge on any atom is -0.398 e. The quantitative estimate of drug-likeness (QED) is 0.742. The maximum atomic E-state index is 6.14. The lowest BCUT2D eigenvalue weighted by molar-refractivity contribution is 1.23. The van der Waals surface area contributed by atoms with Gasteiger partial charge in [0.05, 0.1) is 0 Å². The zero-order valence-corrected chi connectivity index (χ0v) is 9.93. The number of nitrogens with two attached hydrogens (primary N) is 1. The van der Waals surface area contributed by atoms with Crippen LogP contribution in [0.15, 0.2) is 66.9 Å². The van der Waals surface area contributed by atoms with Crippen molar-refractivity contribution in [2.24, 2.45) is 0 Å². The van der Waals surface area contributed by atoms with Crippen molar-refractivity contribution in [2.75, 3.05) is 5.73 Å². The topological polar surface area (TPSA) is 38.0 Å². The monoisotopic (exact) mass is 234 g/mol. The molecular formula is C16H14N2. The molecular weight excluding hydrogens is 220 g/mol. The molecule has 0 aromatic heterocycles. The van der Waals surface area contributed by atoms with Gasteiger partial charge in [-0.3, -0.25) is 0 Å². The number of anilines is 1. The molecule has 0 saturated heterocycles. The predicted octanol–water partition coefficient (Wildman–Crippen LogP) is 3.44. The van der Waals surface area contributed by atoms with Crippen LogP contribution in [0, 0.1) is 0 Å². The lowest BCUT2D eigenvalue weighted by Gasteiger charge is -2.13. The fourth-order valence-corrected chi connectivity index (χ4v) is 2.20. The lowest BCUT2D eigenvalue weighted by atomic mass is 10.00. The summed E-state index contributed by atoms with van der Waals surface area (Å²) in [7, 11) is 0. The van der Waals surface area contributed by atoms with Gasteiger partial charge in [-0.2, -0.15) is 0 Å². The molecule has 1 aliphatic heterocycles. The Balaban J connectivity index is 2.27. The van der Waals surface area contributed by atoms with E-state index in [0.29, 0.717) is 0 Å². The van der Waals surface area contributed by atoms with Crippen molar-refractivity contribution in [3.05, 3.63) is 72.5 Å². The predicted molar refractivity (Wildman–Crippen MR) is 77.8 cm³/mol. The van der Waals surface area contributed by atoms with Crippen LogP contribution in [-0.2, 0) is 0 Å². The number of fused-ring (bicyclic) bond motifs is 1. The molecule has 0 spiro atoms. The number of hydrogen-bond donors (Lipinski definition) is 2. The Kier molecular flexibility index (Phi) is 2.61. The van der Waals surface area contributed by atoms with Crippen LogP contribution in [0.2, 0.25) is 0 Å². The first-order valence-electron chi connectivity index (χ1n) is 5.94. The molecule has 3 N–H and O–H groups in total. The minimum absolute atomic E-state index is 0.788. The van der Waals surface area contributed by atoms with Gasteiger partial charge >= 0.3 is 0 Å². The summed E-state index contributed by atoms with van der Waals surface area (Å²) >= 11 is 0. The molecule has 1 aliphatic rings. The lowest BCUT2D eigenvalue weighted by Crippen LogP contribution is -2.06. The van der Waals surface area contributed by atoms with Crippen LogP contribution in [-0.4, -0.2) is 0 Å². The molecule has 2 heteroatoms. The van der Waals surface area contributed by atoms with Gasteiger partial charge in [-0.05, 0) is 29.0 Å². The molecule has 1 heterocycles. The average molecular weight is 234 g/mol. The molecule has 0 amide bonds. The summed E-state index contributed by atoms with van der Waals surface area (Å²) in [5.74, 6) is 0. The van der Waals surface area contributed by atoms with Crippen molar-refractivity contribution in [3.63, 3.8) is 0 Å². The Morgan fingerprint density at radius 2 is 1.78 bits per heavy atom. The molecule has 0 aliphatic carbocycles. The van der Waals surface area contributed by atoms with Crippen LogP contribution < -0.4 is 11.1 Å². The fourth-order valence-electron chi connectivity index (χ4n) is 2.20. The molecule has 0 atom stereocenters. The molecule has 2 aromatic carbocycles. The zero-order chi connectivity index (χ0) is 12.4. The standard InChI is InChI=1S/C16H14N2/c17-14-10-9-12-6-3-4-7-13(12)16(14)15-8-2-1-5-11-18-15/h1-11,18H,17H2. The van der Waals surface area contributed by atoms with Gasteiger partial charge in [-0.25, -0.2) is 0 Å². The Hall–Kier alpha value is -2.48. The Morgan fingerprint density at radius 3 is 2.72 bits per heavy atom. The zero-order valence-electron chi connectivity index (χ0n) is 9.93. The molecule has 0 fully saturated rings. The van der Waals surface area contributed by atoms with Gasteiger partial charge in [0.25, 0.3) is 0 Å². The third kappa shape index (κ3) is 1.78. The summed E-state index contributed by atoms with van der Waals surface area (Å²) < 4.78 is 0. The average Bonchev–Trinajstić information content (AvgIpc) is 2.67. The van der Waals surface area contributed by atoms with E-state index in [0.717, 1.165) is 16.9 Å². The van der Waals surface area contributed by atoms with E-state index in [1.54, 1.807) is 0 Å². The maximum Gasteiger partial charge on any atom is 0.0480 e. The summed E-state index contributed by atoms with van der Waals surface area (Å²) in [5.41, 5.74) is 9.01. The second-order valence-electron chi connectivity index (χ2n) is 4.22. The van der Waals surface area contributed by atoms with E-state index in [9.17, 15) is 0 Å². The normalized spacial score (nSPS) is 14.1. The summed E-state index contributed by atoms with van der Waals surface area (Å²) in [6.07, 6.45) is 9.91. The molecule has 0 bridgehead atoms. The first kappa shape index (κ1) is 10.7. The largest absolute Gasteiger partial charge is 0.398 e. The van der Waals surface area contributed by atoms with Gasteiger partial charge in [0.15, 0.2) is 0 Å². The third-order valence-electron chi connectivity index (χ3n) is 3.05. The van der Waals surface area contributed by atoms with Crippen molar-refractivity contribution in [1.82, 2.24) is 5.32 Å². The van der Waals surface area contributed by atoms with Crippen LogP contribution in [0.1, 0.15) is 5.56 Å². The molecule has 0 unspecified atom stereocenters. The van der Waals surface area contributed by atoms with E-state index in [1.807, 2.05) is 48.7 Å². The van der Waals surface area contributed by atoms with E-state index in [2.05, 4.69) is 23.5 Å². The minimum atomic E-state index is 0.788. The van der Waals surface area contributed by atoms with E-state index < -0.39 is 0 Å². The molecule has 18 heavy (non-hydrogen) atoms. The van der Waals surface area contributed by atoms with Crippen molar-refractivity contribution in [3.8, 4) is 0 Å². The highest BCUT2D eigenvalue weighted by Crippen LogP contribution is 2.29. The van der Waals surface area contributed by atoms with E-state index in [4.69, 9.17) is 5.73 Å². The highest BCUT2D eigenvalue weighted by atomic mass is 14.9.